The number of anilines is 1. The van der Waals surface area contributed by atoms with Gasteiger partial charge in [0, 0.05) is 19.3 Å². The molecule has 0 saturated carbocycles. The predicted octanol–water partition coefficient (Wildman–Crippen LogP) is 2.11. The summed E-state index contributed by atoms with van der Waals surface area (Å²) in [7, 11) is 2.14. The van der Waals surface area contributed by atoms with Gasteiger partial charge in [0.25, 0.3) is 0 Å². The standard InChI is InChI=1S/C11H17N3.2ClH/c1-14(10-5-8-12-9-6-10)11-4-2-3-7-13-11;;/h2-4,7,10,12H,5-6,8-9H2,1H3;2*1H. The van der Waals surface area contributed by atoms with Gasteiger partial charge in [-0.25, -0.2) is 4.98 Å². The number of piperidine rings is 1. The number of hydrogen-bond donors (Lipinski definition) is 1. The molecule has 1 aliphatic rings. The quantitative estimate of drug-likeness (QED) is 0.886. The minimum absolute atomic E-state index is 0. The van der Waals surface area contributed by atoms with Gasteiger partial charge in [0.15, 0.2) is 0 Å². The van der Waals surface area contributed by atoms with Crippen molar-refractivity contribution in [2.45, 2.75) is 18.9 Å². The number of nitrogens with one attached hydrogen (secondary N) is 1. The van der Waals surface area contributed by atoms with Gasteiger partial charge in [0.1, 0.15) is 5.82 Å². The van der Waals surface area contributed by atoms with E-state index in [1.165, 1.54) is 12.8 Å². The molecule has 92 valence electrons. The van der Waals surface area contributed by atoms with Crippen LogP contribution >= 0.6 is 24.8 Å². The monoisotopic (exact) mass is 263 g/mol. The highest BCUT2D eigenvalue weighted by atomic mass is 35.5. The molecule has 1 aromatic rings. The van der Waals surface area contributed by atoms with E-state index in [1.807, 2.05) is 18.3 Å². The van der Waals surface area contributed by atoms with Crippen molar-refractivity contribution in [1.29, 1.82) is 0 Å². The zero-order valence-corrected chi connectivity index (χ0v) is 11.1. The molecule has 1 aromatic heterocycles. The van der Waals surface area contributed by atoms with Gasteiger partial charge in [0.2, 0.25) is 0 Å². The summed E-state index contributed by atoms with van der Waals surface area (Å²) in [5.74, 6) is 1.08. The fourth-order valence-corrected chi connectivity index (χ4v) is 1.94. The molecule has 0 atom stereocenters. The lowest BCUT2D eigenvalue weighted by molar-refractivity contribution is 0.442. The van der Waals surface area contributed by atoms with Gasteiger partial charge in [0.05, 0.1) is 0 Å². The topological polar surface area (TPSA) is 28.2 Å². The maximum absolute atomic E-state index is 4.36. The normalized spacial score (nSPS) is 15.8. The molecule has 16 heavy (non-hydrogen) atoms. The molecule has 0 unspecified atom stereocenters. The van der Waals surface area contributed by atoms with Gasteiger partial charge in [-0.2, -0.15) is 0 Å². The maximum atomic E-state index is 4.36. The van der Waals surface area contributed by atoms with E-state index in [0.717, 1.165) is 18.9 Å². The van der Waals surface area contributed by atoms with Gasteiger partial charge in [-0.1, -0.05) is 6.07 Å². The Hall–Kier alpha value is -0.510. The van der Waals surface area contributed by atoms with E-state index in [2.05, 4.69) is 28.3 Å². The number of halogens is 2. The Balaban J connectivity index is 0.00000112. The Morgan fingerprint density at radius 1 is 1.25 bits per heavy atom. The lowest BCUT2D eigenvalue weighted by Crippen LogP contribution is -2.41. The average molecular weight is 264 g/mol. The van der Waals surface area contributed by atoms with E-state index >= 15 is 0 Å². The van der Waals surface area contributed by atoms with Gasteiger partial charge in [-0.15, -0.1) is 24.8 Å². The van der Waals surface area contributed by atoms with Crippen LogP contribution in [0, 0.1) is 0 Å². The molecular weight excluding hydrogens is 245 g/mol. The minimum atomic E-state index is 0. The van der Waals surface area contributed by atoms with Crippen LogP contribution in [0.1, 0.15) is 12.8 Å². The third-order valence-electron chi connectivity index (χ3n) is 2.87. The van der Waals surface area contributed by atoms with Crippen LogP contribution in [0.5, 0.6) is 0 Å². The second-order valence-corrected chi connectivity index (χ2v) is 3.78. The average Bonchev–Trinajstić information content (AvgIpc) is 2.30. The lowest BCUT2D eigenvalue weighted by atomic mass is 10.1. The molecule has 0 aliphatic carbocycles. The molecule has 0 radical (unpaired) electrons. The molecule has 0 spiro atoms. The lowest BCUT2D eigenvalue weighted by Gasteiger charge is -2.32. The van der Waals surface area contributed by atoms with Crippen molar-refractivity contribution in [1.82, 2.24) is 10.3 Å². The highest BCUT2D eigenvalue weighted by Gasteiger charge is 2.18. The molecule has 2 heterocycles. The fraction of sp³-hybridized carbons (Fsp3) is 0.545. The van der Waals surface area contributed by atoms with E-state index in [0.29, 0.717) is 6.04 Å². The van der Waals surface area contributed by atoms with Gasteiger partial charge >= 0.3 is 0 Å². The minimum Gasteiger partial charge on any atom is -0.357 e. The third kappa shape index (κ3) is 3.81. The number of pyridine rings is 1. The van der Waals surface area contributed by atoms with Crippen molar-refractivity contribution in [3.8, 4) is 0 Å². The molecule has 0 bridgehead atoms. The first-order valence-electron chi connectivity index (χ1n) is 5.22. The third-order valence-corrected chi connectivity index (χ3v) is 2.87. The molecular formula is C11H19Cl2N3. The van der Waals surface area contributed by atoms with E-state index in [1.54, 1.807) is 0 Å². The Kier molecular flexibility index (Phi) is 7.47. The van der Waals surface area contributed by atoms with Gasteiger partial charge in [-0.05, 0) is 38.1 Å². The van der Waals surface area contributed by atoms with Crippen LogP contribution in [0.25, 0.3) is 0 Å². The molecule has 1 fully saturated rings. The van der Waals surface area contributed by atoms with Crippen molar-refractivity contribution in [2.24, 2.45) is 0 Å². The summed E-state index contributed by atoms with van der Waals surface area (Å²) >= 11 is 0. The Labute approximate surface area is 109 Å². The van der Waals surface area contributed by atoms with Gasteiger partial charge < -0.3 is 10.2 Å². The largest absolute Gasteiger partial charge is 0.357 e. The Morgan fingerprint density at radius 2 is 1.94 bits per heavy atom. The Bertz CT molecular complexity index is 276. The van der Waals surface area contributed by atoms with Gasteiger partial charge in [-0.3, -0.25) is 0 Å². The zero-order valence-electron chi connectivity index (χ0n) is 9.43. The molecule has 1 saturated heterocycles. The zero-order chi connectivity index (χ0) is 9.80. The summed E-state index contributed by atoms with van der Waals surface area (Å²) in [6.45, 7) is 2.25. The fourth-order valence-electron chi connectivity index (χ4n) is 1.94. The van der Waals surface area contributed by atoms with Crippen molar-refractivity contribution >= 4 is 30.6 Å². The van der Waals surface area contributed by atoms with Crippen LogP contribution in [-0.2, 0) is 0 Å². The molecule has 2 rings (SSSR count). The number of nitrogens with zero attached hydrogens (tertiary/aromatic N) is 2. The first-order chi connectivity index (χ1) is 6.88. The highest BCUT2D eigenvalue weighted by molar-refractivity contribution is 5.85. The van der Waals surface area contributed by atoms with Crippen LogP contribution < -0.4 is 10.2 Å². The predicted molar refractivity (Wildman–Crippen MR) is 73.0 cm³/mol. The van der Waals surface area contributed by atoms with Crippen LogP contribution in [0.3, 0.4) is 0 Å². The molecule has 3 nitrogen and oxygen atoms in total. The van der Waals surface area contributed by atoms with Crippen molar-refractivity contribution in [3.63, 3.8) is 0 Å². The highest BCUT2D eigenvalue weighted by Crippen LogP contribution is 2.16. The Morgan fingerprint density at radius 3 is 2.50 bits per heavy atom. The molecule has 1 aliphatic heterocycles. The van der Waals surface area contributed by atoms with Crippen molar-refractivity contribution in [2.75, 3.05) is 25.0 Å². The van der Waals surface area contributed by atoms with Crippen LogP contribution in [-0.4, -0.2) is 31.2 Å². The summed E-state index contributed by atoms with van der Waals surface area (Å²) < 4.78 is 0. The maximum Gasteiger partial charge on any atom is 0.128 e. The molecule has 0 amide bonds. The van der Waals surface area contributed by atoms with Crippen LogP contribution in [0.4, 0.5) is 5.82 Å². The first-order valence-corrected chi connectivity index (χ1v) is 5.22. The SMILES string of the molecule is CN(c1ccccn1)C1CCNCC1.Cl.Cl. The first kappa shape index (κ1) is 15.5. The molecule has 5 heteroatoms. The number of hydrogen-bond acceptors (Lipinski definition) is 3. The van der Waals surface area contributed by atoms with E-state index in [4.69, 9.17) is 0 Å². The number of aromatic nitrogens is 1. The van der Waals surface area contributed by atoms with E-state index < -0.39 is 0 Å². The smallest absolute Gasteiger partial charge is 0.128 e. The summed E-state index contributed by atoms with van der Waals surface area (Å²) in [5.41, 5.74) is 0. The van der Waals surface area contributed by atoms with Crippen molar-refractivity contribution in [3.05, 3.63) is 24.4 Å². The molecule has 0 aromatic carbocycles. The summed E-state index contributed by atoms with van der Waals surface area (Å²) in [6.07, 6.45) is 4.28. The van der Waals surface area contributed by atoms with Crippen LogP contribution in [0.2, 0.25) is 0 Å². The summed E-state index contributed by atoms with van der Waals surface area (Å²) in [6, 6.07) is 6.72. The summed E-state index contributed by atoms with van der Waals surface area (Å²) in [5, 5.41) is 3.37. The second-order valence-electron chi connectivity index (χ2n) is 3.78. The second kappa shape index (κ2) is 7.71. The van der Waals surface area contributed by atoms with E-state index in [-0.39, 0.29) is 24.8 Å². The summed E-state index contributed by atoms with van der Waals surface area (Å²) in [4.78, 5) is 6.65. The number of rotatable bonds is 2. The van der Waals surface area contributed by atoms with Crippen LogP contribution in [0.15, 0.2) is 24.4 Å². The van der Waals surface area contributed by atoms with Crippen molar-refractivity contribution < 1.29 is 0 Å². The van der Waals surface area contributed by atoms with E-state index in [9.17, 15) is 0 Å². The molecule has 1 N–H and O–H groups in total.